The first kappa shape index (κ1) is 24.0. The van der Waals surface area contributed by atoms with E-state index in [1.165, 1.54) is 19.2 Å². The van der Waals surface area contributed by atoms with Crippen molar-refractivity contribution in [2.75, 3.05) is 20.2 Å². The average Bonchev–Trinajstić information content (AvgIpc) is 3.27. The molecule has 3 aromatic carbocycles. The molecule has 1 heterocycles. The van der Waals surface area contributed by atoms with Crippen LogP contribution in [-0.4, -0.2) is 36.2 Å². The lowest BCUT2D eigenvalue weighted by Crippen LogP contribution is -2.56. The third kappa shape index (κ3) is 4.06. The summed E-state index contributed by atoms with van der Waals surface area (Å²) in [5, 5.41) is 12.2. The molecule has 1 saturated heterocycles. The van der Waals surface area contributed by atoms with Gasteiger partial charge in [0.15, 0.2) is 0 Å². The number of fused-ring (bicyclic) bond motifs is 1. The van der Waals surface area contributed by atoms with Gasteiger partial charge < -0.3 is 9.84 Å². The summed E-state index contributed by atoms with van der Waals surface area (Å²) in [4.78, 5) is 16.0. The summed E-state index contributed by atoms with van der Waals surface area (Å²) in [6.45, 7) is 1.56. The third-order valence-corrected chi connectivity index (χ3v) is 8.30. The molecule has 5 rings (SSSR count). The number of carbonyl (C=O) groups is 1. The average molecular weight is 494 g/mol. The Hall–Kier alpha value is -2.73. The first-order valence-electron chi connectivity index (χ1n) is 12.0. The predicted molar refractivity (Wildman–Crippen MR) is 133 cm³/mol. The van der Waals surface area contributed by atoms with E-state index in [9.17, 15) is 14.3 Å². The van der Waals surface area contributed by atoms with E-state index in [2.05, 4.69) is 17.0 Å². The number of nitrogens with zero attached hydrogens (tertiary/aromatic N) is 1. The molecule has 182 valence electrons. The number of methoxy groups -OCH3 is 1. The van der Waals surface area contributed by atoms with Gasteiger partial charge in [0.25, 0.3) is 0 Å². The largest absolute Gasteiger partial charge is 0.469 e. The summed E-state index contributed by atoms with van der Waals surface area (Å²) in [6, 6.07) is 24.5. The van der Waals surface area contributed by atoms with Gasteiger partial charge in [-0.05, 0) is 41.7 Å². The highest BCUT2D eigenvalue weighted by atomic mass is 35.5. The van der Waals surface area contributed by atoms with E-state index in [4.69, 9.17) is 16.3 Å². The van der Waals surface area contributed by atoms with Crippen LogP contribution in [-0.2, 0) is 21.7 Å². The van der Waals surface area contributed by atoms with Crippen LogP contribution in [0.3, 0.4) is 0 Å². The third-order valence-electron chi connectivity index (χ3n) is 8.00. The molecule has 4 atom stereocenters. The number of halogens is 2. The Morgan fingerprint density at radius 1 is 1.11 bits per heavy atom. The summed E-state index contributed by atoms with van der Waals surface area (Å²) in [6.07, 6.45) is 0.964. The second kappa shape index (κ2) is 9.38. The van der Waals surface area contributed by atoms with Gasteiger partial charge >= 0.3 is 5.97 Å². The van der Waals surface area contributed by atoms with Crippen LogP contribution >= 0.6 is 11.6 Å². The van der Waals surface area contributed by atoms with E-state index in [1.54, 1.807) is 6.07 Å². The van der Waals surface area contributed by atoms with Crippen LogP contribution in [0.5, 0.6) is 0 Å². The van der Waals surface area contributed by atoms with Gasteiger partial charge in [0.2, 0.25) is 0 Å². The molecule has 1 aliphatic heterocycles. The van der Waals surface area contributed by atoms with E-state index in [0.29, 0.717) is 38.0 Å². The van der Waals surface area contributed by atoms with Crippen molar-refractivity contribution in [3.63, 3.8) is 0 Å². The zero-order chi connectivity index (χ0) is 24.6. The van der Waals surface area contributed by atoms with Gasteiger partial charge in [0.05, 0.1) is 23.1 Å². The maximum atomic E-state index is 14.5. The number of esters is 1. The second-order valence-electron chi connectivity index (χ2n) is 9.79. The number of benzene rings is 3. The molecule has 0 aromatic heterocycles. The number of rotatable bonds is 5. The van der Waals surface area contributed by atoms with Crippen molar-refractivity contribution in [2.24, 2.45) is 11.3 Å². The summed E-state index contributed by atoms with van der Waals surface area (Å²) < 4.78 is 20.0. The topological polar surface area (TPSA) is 49.8 Å². The molecule has 1 saturated carbocycles. The van der Waals surface area contributed by atoms with Crippen LogP contribution in [0.25, 0.3) is 0 Å². The molecule has 0 bridgehead atoms. The zero-order valence-corrected chi connectivity index (χ0v) is 20.4. The van der Waals surface area contributed by atoms with Gasteiger partial charge in [0, 0.05) is 31.5 Å². The number of likely N-dealkylation sites (tertiary alicyclic amines) is 1. The molecule has 4 nitrogen and oxygen atoms in total. The fourth-order valence-corrected chi connectivity index (χ4v) is 6.57. The van der Waals surface area contributed by atoms with Gasteiger partial charge in [-0.3, -0.25) is 9.69 Å². The summed E-state index contributed by atoms with van der Waals surface area (Å²) in [5.41, 5.74) is 0.229. The van der Waals surface area contributed by atoms with E-state index < -0.39 is 22.8 Å². The first-order valence-corrected chi connectivity index (χ1v) is 12.3. The molecule has 4 unspecified atom stereocenters. The van der Waals surface area contributed by atoms with Crippen LogP contribution in [0.2, 0.25) is 5.02 Å². The van der Waals surface area contributed by atoms with Crippen LogP contribution in [0.1, 0.15) is 35.4 Å². The van der Waals surface area contributed by atoms with E-state index in [1.807, 2.05) is 48.5 Å². The van der Waals surface area contributed by atoms with Gasteiger partial charge in [-0.25, -0.2) is 4.39 Å². The quantitative estimate of drug-likeness (QED) is 0.474. The van der Waals surface area contributed by atoms with E-state index >= 15 is 0 Å². The van der Waals surface area contributed by atoms with Crippen molar-refractivity contribution in [2.45, 2.75) is 30.9 Å². The molecule has 0 radical (unpaired) electrons. The van der Waals surface area contributed by atoms with Crippen molar-refractivity contribution < 1.29 is 19.0 Å². The lowest BCUT2D eigenvalue weighted by molar-refractivity contribution is -0.173. The Morgan fingerprint density at radius 3 is 2.46 bits per heavy atom. The van der Waals surface area contributed by atoms with Crippen LogP contribution < -0.4 is 0 Å². The molecule has 2 aliphatic rings. The fourth-order valence-electron chi connectivity index (χ4n) is 6.45. The van der Waals surface area contributed by atoms with Crippen molar-refractivity contribution in [3.05, 3.63) is 106 Å². The fraction of sp³-hybridized carbons (Fsp3) is 0.345. The van der Waals surface area contributed by atoms with E-state index in [-0.39, 0.29) is 16.9 Å². The molecular weight excluding hydrogens is 465 g/mol. The van der Waals surface area contributed by atoms with Crippen LogP contribution in [0.4, 0.5) is 4.39 Å². The highest BCUT2D eigenvalue weighted by molar-refractivity contribution is 6.30. The van der Waals surface area contributed by atoms with Crippen molar-refractivity contribution in [3.8, 4) is 0 Å². The summed E-state index contributed by atoms with van der Waals surface area (Å²) in [7, 11) is 1.41. The van der Waals surface area contributed by atoms with E-state index in [0.717, 1.165) is 11.1 Å². The molecule has 1 aliphatic carbocycles. The van der Waals surface area contributed by atoms with Crippen LogP contribution in [0.15, 0.2) is 78.9 Å². The number of aliphatic hydroxyl groups is 1. The normalized spacial score (nSPS) is 28.5. The maximum Gasteiger partial charge on any atom is 0.314 e. The van der Waals surface area contributed by atoms with Crippen LogP contribution in [0, 0.1) is 17.2 Å². The number of carbonyl (C=O) groups excluding carboxylic acids is 1. The minimum atomic E-state index is -1.41. The van der Waals surface area contributed by atoms with Gasteiger partial charge in [-0.15, -0.1) is 0 Å². The molecule has 2 fully saturated rings. The first-order chi connectivity index (χ1) is 16.9. The lowest BCUT2D eigenvalue weighted by atomic mass is 9.53. The van der Waals surface area contributed by atoms with Crippen molar-refractivity contribution >= 4 is 17.6 Å². The minimum absolute atomic E-state index is 0.00618. The zero-order valence-electron chi connectivity index (χ0n) is 19.7. The smallest absolute Gasteiger partial charge is 0.314 e. The Bertz CT molecular complexity index is 1210. The molecule has 0 spiro atoms. The molecule has 0 amide bonds. The molecule has 6 heteroatoms. The highest BCUT2D eigenvalue weighted by Crippen LogP contribution is 2.61. The Morgan fingerprint density at radius 2 is 1.80 bits per heavy atom. The molecule has 1 N–H and O–H groups in total. The lowest BCUT2D eigenvalue weighted by Gasteiger charge is -2.51. The number of hydrogen-bond donors (Lipinski definition) is 1. The molecule has 3 aromatic rings. The Balaban J connectivity index is 1.64. The van der Waals surface area contributed by atoms with Gasteiger partial charge in [0.1, 0.15) is 5.82 Å². The molecular formula is C29H29ClFNO3. The van der Waals surface area contributed by atoms with Crippen molar-refractivity contribution in [1.82, 2.24) is 4.90 Å². The van der Waals surface area contributed by atoms with Gasteiger partial charge in [-0.2, -0.15) is 0 Å². The summed E-state index contributed by atoms with van der Waals surface area (Å²) >= 11 is 5.95. The minimum Gasteiger partial charge on any atom is -0.469 e. The number of ether oxygens (including phenoxy) is 1. The predicted octanol–water partition coefficient (Wildman–Crippen LogP) is 5.54. The Labute approximate surface area is 210 Å². The monoisotopic (exact) mass is 493 g/mol. The Kier molecular flexibility index (Phi) is 6.43. The molecule has 35 heavy (non-hydrogen) atoms. The SMILES string of the molecule is COC(=O)C12CN(Cc3ccccc3)CC1C(O)(c1ccc(Cl)c(F)c1)CCC2c1ccccc1. The summed E-state index contributed by atoms with van der Waals surface area (Å²) in [5.74, 6) is -1.55. The van der Waals surface area contributed by atoms with Gasteiger partial charge in [-0.1, -0.05) is 78.3 Å². The standard InChI is InChI=1S/C29H29ClFNO3/c1-35-27(33)28-19-32(17-20-8-4-2-5-9-20)18-26(28)29(34,22-12-13-24(30)25(31)16-22)15-14-23(28)21-10-6-3-7-11-21/h2-13,16,23,26,34H,14-15,17-19H2,1H3. The highest BCUT2D eigenvalue weighted by Gasteiger charge is 2.66. The van der Waals surface area contributed by atoms with Crippen molar-refractivity contribution in [1.29, 1.82) is 0 Å². The second-order valence-corrected chi connectivity index (χ2v) is 10.2. The number of hydrogen-bond acceptors (Lipinski definition) is 4. The maximum absolute atomic E-state index is 14.5.